The number of nitrogens with one attached hydrogen (secondary N) is 1. The van der Waals surface area contributed by atoms with E-state index in [9.17, 15) is 4.79 Å². The van der Waals surface area contributed by atoms with Crippen LogP contribution in [0.2, 0.25) is 0 Å². The van der Waals surface area contributed by atoms with E-state index in [1.54, 1.807) is 18.0 Å². The Morgan fingerprint density at radius 3 is 2.90 bits per heavy atom. The van der Waals surface area contributed by atoms with Crippen LogP contribution >= 0.6 is 11.8 Å². The first-order valence-corrected chi connectivity index (χ1v) is 7.73. The topological polar surface area (TPSA) is 42.2 Å². The normalized spacial score (nSPS) is 10.5. The van der Waals surface area contributed by atoms with E-state index in [1.807, 2.05) is 12.1 Å². The maximum atomic E-state index is 11.7. The summed E-state index contributed by atoms with van der Waals surface area (Å²) in [6.07, 6.45) is 1.61. The summed E-state index contributed by atoms with van der Waals surface area (Å²) in [6.45, 7) is 4.64. The predicted molar refractivity (Wildman–Crippen MR) is 82.6 cm³/mol. The van der Waals surface area contributed by atoms with Crippen molar-refractivity contribution in [2.24, 2.45) is 0 Å². The smallest absolute Gasteiger partial charge is 0.230 e. The molecule has 20 heavy (non-hydrogen) atoms. The van der Waals surface area contributed by atoms with Gasteiger partial charge in [-0.15, -0.1) is 11.8 Å². The minimum atomic E-state index is 0.0386. The molecule has 0 aliphatic rings. The summed E-state index contributed by atoms with van der Waals surface area (Å²) in [7, 11) is 0. The van der Waals surface area contributed by atoms with Crippen LogP contribution < -0.4 is 5.32 Å². The number of rotatable bonds is 6. The van der Waals surface area contributed by atoms with Crippen LogP contribution in [0.5, 0.6) is 0 Å². The van der Waals surface area contributed by atoms with Crippen molar-refractivity contribution in [3.63, 3.8) is 0 Å². The van der Waals surface area contributed by atoms with Gasteiger partial charge in [-0.3, -0.25) is 4.79 Å². The molecule has 0 atom stereocenters. The third kappa shape index (κ3) is 4.46. The van der Waals surface area contributed by atoms with Crippen LogP contribution in [-0.4, -0.2) is 11.7 Å². The Morgan fingerprint density at radius 1 is 1.30 bits per heavy atom. The number of benzene rings is 1. The molecule has 3 nitrogen and oxygen atoms in total. The first kappa shape index (κ1) is 14.7. The van der Waals surface area contributed by atoms with Crippen molar-refractivity contribution in [1.29, 1.82) is 0 Å². The van der Waals surface area contributed by atoms with Crippen molar-refractivity contribution in [1.82, 2.24) is 5.32 Å². The molecular weight excluding hydrogens is 270 g/mol. The molecule has 1 heterocycles. The molecule has 0 fully saturated rings. The average molecular weight is 289 g/mol. The lowest BCUT2D eigenvalue weighted by Crippen LogP contribution is -2.24. The third-order valence-electron chi connectivity index (χ3n) is 3.04. The van der Waals surface area contributed by atoms with Gasteiger partial charge in [-0.2, -0.15) is 0 Å². The van der Waals surface area contributed by atoms with E-state index in [2.05, 4.69) is 37.4 Å². The van der Waals surface area contributed by atoms with Crippen molar-refractivity contribution in [3.05, 3.63) is 59.0 Å². The van der Waals surface area contributed by atoms with Gasteiger partial charge in [0.2, 0.25) is 5.91 Å². The number of thioether (sulfide) groups is 1. The zero-order valence-electron chi connectivity index (χ0n) is 11.8. The van der Waals surface area contributed by atoms with Crippen LogP contribution in [0.25, 0.3) is 0 Å². The monoisotopic (exact) mass is 289 g/mol. The number of amides is 1. The van der Waals surface area contributed by atoms with Crippen LogP contribution in [0, 0.1) is 13.8 Å². The number of carbonyl (C=O) groups is 1. The van der Waals surface area contributed by atoms with E-state index < -0.39 is 0 Å². The lowest BCUT2D eigenvalue weighted by Gasteiger charge is -2.07. The second-order valence-corrected chi connectivity index (χ2v) is 5.76. The molecule has 2 aromatic rings. The van der Waals surface area contributed by atoms with Crippen LogP contribution in [0.4, 0.5) is 0 Å². The summed E-state index contributed by atoms with van der Waals surface area (Å²) < 4.78 is 5.17. The van der Waals surface area contributed by atoms with Crippen molar-refractivity contribution in [3.8, 4) is 0 Å². The summed E-state index contributed by atoms with van der Waals surface area (Å²) >= 11 is 1.63. The Hall–Kier alpha value is -1.68. The maximum absolute atomic E-state index is 11.7. The maximum Gasteiger partial charge on any atom is 0.230 e. The fourth-order valence-electron chi connectivity index (χ4n) is 1.86. The quantitative estimate of drug-likeness (QED) is 0.885. The van der Waals surface area contributed by atoms with E-state index in [4.69, 9.17) is 4.42 Å². The second-order valence-electron chi connectivity index (χ2n) is 4.78. The van der Waals surface area contributed by atoms with E-state index in [1.165, 1.54) is 16.7 Å². The molecule has 0 spiro atoms. The highest BCUT2D eigenvalue weighted by atomic mass is 32.2. The number of carbonyl (C=O) groups excluding carboxylic acids is 1. The Balaban J connectivity index is 1.72. The molecule has 1 amide bonds. The van der Waals surface area contributed by atoms with Crippen molar-refractivity contribution >= 4 is 17.7 Å². The molecule has 0 aliphatic carbocycles. The largest absolute Gasteiger partial charge is 0.467 e. The molecule has 4 heteroatoms. The molecule has 1 N–H and O–H groups in total. The van der Waals surface area contributed by atoms with Gasteiger partial charge in [-0.1, -0.05) is 23.8 Å². The minimum absolute atomic E-state index is 0.0386. The molecule has 106 valence electrons. The van der Waals surface area contributed by atoms with Gasteiger partial charge in [0, 0.05) is 5.75 Å². The van der Waals surface area contributed by atoms with Crippen LogP contribution in [-0.2, 0) is 17.1 Å². The Kier molecular flexibility index (Phi) is 5.30. The Morgan fingerprint density at radius 2 is 2.15 bits per heavy atom. The standard InChI is InChI=1S/C16H19NO2S/c1-12-5-6-13(2)14(8-12)10-20-11-16(18)17-9-15-4-3-7-19-15/h3-8H,9-11H2,1-2H3,(H,17,18). The van der Waals surface area contributed by atoms with Gasteiger partial charge in [-0.05, 0) is 37.1 Å². The Bertz CT molecular complexity index is 564. The second kappa shape index (κ2) is 7.20. The van der Waals surface area contributed by atoms with Gasteiger partial charge < -0.3 is 9.73 Å². The van der Waals surface area contributed by atoms with Gasteiger partial charge in [-0.25, -0.2) is 0 Å². The fourth-order valence-corrected chi connectivity index (χ4v) is 2.78. The first-order valence-electron chi connectivity index (χ1n) is 6.58. The van der Waals surface area contributed by atoms with E-state index in [0.29, 0.717) is 12.3 Å². The molecule has 0 saturated heterocycles. The molecule has 0 bridgehead atoms. The van der Waals surface area contributed by atoms with Gasteiger partial charge in [0.1, 0.15) is 5.76 Å². The highest BCUT2D eigenvalue weighted by Crippen LogP contribution is 2.17. The molecular formula is C16H19NO2S. The van der Waals surface area contributed by atoms with E-state index in [0.717, 1.165) is 11.5 Å². The molecule has 0 radical (unpaired) electrons. The van der Waals surface area contributed by atoms with Gasteiger partial charge in [0.25, 0.3) is 0 Å². The van der Waals surface area contributed by atoms with Crippen LogP contribution in [0.1, 0.15) is 22.5 Å². The van der Waals surface area contributed by atoms with Crippen molar-refractivity contribution in [2.75, 3.05) is 5.75 Å². The highest BCUT2D eigenvalue weighted by molar-refractivity contribution is 7.99. The van der Waals surface area contributed by atoms with E-state index in [-0.39, 0.29) is 5.91 Å². The molecule has 0 aliphatic heterocycles. The summed E-state index contributed by atoms with van der Waals surface area (Å²) in [5.74, 6) is 2.14. The molecule has 1 aromatic heterocycles. The number of furan rings is 1. The molecule has 0 unspecified atom stereocenters. The highest BCUT2D eigenvalue weighted by Gasteiger charge is 2.04. The summed E-state index contributed by atoms with van der Waals surface area (Å²) in [5.41, 5.74) is 3.83. The number of hydrogen-bond acceptors (Lipinski definition) is 3. The lowest BCUT2D eigenvalue weighted by atomic mass is 10.1. The molecule has 1 aromatic carbocycles. The SMILES string of the molecule is Cc1ccc(C)c(CSCC(=O)NCc2ccco2)c1. The van der Waals surface area contributed by atoms with Crippen LogP contribution in [0.3, 0.4) is 0 Å². The number of hydrogen-bond donors (Lipinski definition) is 1. The number of aryl methyl sites for hydroxylation is 2. The van der Waals surface area contributed by atoms with Crippen molar-refractivity contribution in [2.45, 2.75) is 26.1 Å². The lowest BCUT2D eigenvalue weighted by molar-refractivity contribution is -0.118. The molecule has 2 rings (SSSR count). The average Bonchev–Trinajstić information content (AvgIpc) is 2.93. The summed E-state index contributed by atoms with van der Waals surface area (Å²) in [4.78, 5) is 11.7. The summed E-state index contributed by atoms with van der Waals surface area (Å²) in [5, 5.41) is 2.84. The zero-order chi connectivity index (χ0) is 14.4. The van der Waals surface area contributed by atoms with Gasteiger partial charge in [0.05, 0.1) is 18.6 Å². The van der Waals surface area contributed by atoms with Gasteiger partial charge >= 0.3 is 0 Å². The third-order valence-corrected chi connectivity index (χ3v) is 4.02. The summed E-state index contributed by atoms with van der Waals surface area (Å²) in [6, 6.07) is 10.1. The zero-order valence-corrected chi connectivity index (χ0v) is 12.6. The first-order chi connectivity index (χ1) is 9.65. The Labute approximate surface area is 123 Å². The van der Waals surface area contributed by atoms with Crippen LogP contribution in [0.15, 0.2) is 41.0 Å². The fraction of sp³-hybridized carbons (Fsp3) is 0.312. The minimum Gasteiger partial charge on any atom is -0.467 e. The van der Waals surface area contributed by atoms with E-state index >= 15 is 0 Å². The predicted octanol–water partition coefficient (Wildman–Crippen LogP) is 3.45. The van der Waals surface area contributed by atoms with Crippen molar-refractivity contribution < 1.29 is 9.21 Å². The molecule has 0 saturated carbocycles. The van der Waals surface area contributed by atoms with Gasteiger partial charge in [0.15, 0.2) is 0 Å².